The van der Waals surface area contributed by atoms with Gasteiger partial charge in [0.15, 0.2) is 0 Å². The first kappa shape index (κ1) is 27.8. The van der Waals surface area contributed by atoms with E-state index < -0.39 is 5.97 Å². The Bertz CT molecular complexity index is 622. The molecule has 0 aromatic carbocycles. The van der Waals surface area contributed by atoms with Crippen LogP contribution in [-0.2, 0) is 9.63 Å². The molecule has 0 radical (unpaired) electrons. The molecule has 182 valence electrons. The number of pyridine rings is 1. The molecule has 0 atom stereocenters. The fourth-order valence-electron chi connectivity index (χ4n) is 3.38. The van der Waals surface area contributed by atoms with E-state index in [1.54, 1.807) is 10.8 Å². The Hall–Kier alpha value is -0.490. The molecule has 0 spiro atoms. The SMILES string of the molecule is CN(CCNCCSCCCCNCC(=O)O)OC1(SSc2ccccn2)CCCCC1. The number of likely N-dealkylation sites (N-methyl/N-ethyl adjacent to an activating group) is 1. The van der Waals surface area contributed by atoms with E-state index in [9.17, 15) is 4.79 Å². The number of aliphatic carboxylic acids is 1. The first-order valence-electron chi connectivity index (χ1n) is 11.5. The number of hydrogen-bond acceptors (Lipinski definition) is 9. The maximum atomic E-state index is 10.4. The molecule has 1 fully saturated rings. The largest absolute Gasteiger partial charge is 0.480 e. The van der Waals surface area contributed by atoms with Crippen molar-refractivity contribution in [1.82, 2.24) is 20.7 Å². The lowest BCUT2D eigenvalue weighted by Crippen LogP contribution is -2.40. The standard InChI is InChI=1S/C22H38N4O3S3/c1-26(16-14-23-15-18-30-17-8-7-12-24-19-21(27)28)29-22(10-4-2-5-11-22)32-31-20-9-3-6-13-25-20/h3,6,9,13,23-24H,2,4-5,7-8,10-12,14-19H2,1H3,(H,27,28). The summed E-state index contributed by atoms with van der Waals surface area (Å²) in [5.74, 6) is 1.42. The van der Waals surface area contributed by atoms with Gasteiger partial charge in [-0.2, -0.15) is 16.8 Å². The summed E-state index contributed by atoms with van der Waals surface area (Å²) in [6.07, 6.45) is 9.87. The van der Waals surface area contributed by atoms with Crippen molar-refractivity contribution in [3.63, 3.8) is 0 Å². The number of carboxylic acids is 1. The zero-order valence-corrected chi connectivity index (χ0v) is 21.5. The molecule has 0 aliphatic heterocycles. The van der Waals surface area contributed by atoms with Crippen molar-refractivity contribution >= 4 is 39.3 Å². The molecule has 1 aliphatic carbocycles. The number of carbonyl (C=O) groups is 1. The number of aromatic nitrogens is 1. The summed E-state index contributed by atoms with van der Waals surface area (Å²) in [5, 5.41) is 18.0. The van der Waals surface area contributed by atoms with Gasteiger partial charge in [0, 0.05) is 38.6 Å². The van der Waals surface area contributed by atoms with Crippen molar-refractivity contribution < 1.29 is 14.7 Å². The summed E-state index contributed by atoms with van der Waals surface area (Å²) in [4.78, 5) is 21.1. The van der Waals surface area contributed by atoms with Gasteiger partial charge in [-0.05, 0) is 84.5 Å². The van der Waals surface area contributed by atoms with E-state index in [2.05, 4.69) is 21.7 Å². The highest BCUT2D eigenvalue weighted by atomic mass is 33.1. The number of nitrogens with one attached hydrogen (secondary N) is 2. The van der Waals surface area contributed by atoms with Crippen molar-refractivity contribution in [1.29, 1.82) is 0 Å². The summed E-state index contributed by atoms with van der Waals surface area (Å²) < 4.78 is 0. The molecule has 7 nitrogen and oxygen atoms in total. The molecule has 1 heterocycles. The number of nitrogens with zero attached hydrogens (tertiary/aromatic N) is 2. The average Bonchev–Trinajstić information content (AvgIpc) is 2.79. The molecule has 32 heavy (non-hydrogen) atoms. The van der Waals surface area contributed by atoms with E-state index in [1.165, 1.54) is 19.3 Å². The molecule has 1 aromatic rings. The Kier molecular flexibility index (Phi) is 14.8. The maximum Gasteiger partial charge on any atom is 0.317 e. The number of thioether (sulfide) groups is 1. The van der Waals surface area contributed by atoms with Crippen LogP contribution in [-0.4, -0.2) is 77.3 Å². The van der Waals surface area contributed by atoms with Gasteiger partial charge in [-0.15, -0.1) is 0 Å². The topological polar surface area (TPSA) is 86.7 Å². The van der Waals surface area contributed by atoms with Crippen LogP contribution in [0.1, 0.15) is 44.9 Å². The van der Waals surface area contributed by atoms with Gasteiger partial charge in [-0.25, -0.2) is 4.98 Å². The van der Waals surface area contributed by atoms with Gasteiger partial charge < -0.3 is 15.7 Å². The van der Waals surface area contributed by atoms with Crippen LogP contribution in [0, 0.1) is 0 Å². The van der Waals surface area contributed by atoms with Gasteiger partial charge in [0.25, 0.3) is 0 Å². The van der Waals surface area contributed by atoms with Gasteiger partial charge in [0.2, 0.25) is 0 Å². The van der Waals surface area contributed by atoms with Gasteiger partial charge in [0.05, 0.1) is 6.54 Å². The first-order valence-corrected chi connectivity index (χ1v) is 14.8. The summed E-state index contributed by atoms with van der Waals surface area (Å²) >= 11 is 1.95. The summed E-state index contributed by atoms with van der Waals surface area (Å²) in [5.41, 5.74) is 0. The summed E-state index contributed by atoms with van der Waals surface area (Å²) in [6.45, 7) is 3.58. The molecule has 1 aliphatic rings. The predicted octanol–water partition coefficient (Wildman–Crippen LogP) is 4.12. The Labute approximate surface area is 205 Å². The van der Waals surface area contributed by atoms with Crippen LogP contribution in [0.5, 0.6) is 0 Å². The lowest BCUT2D eigenvalue weighted by molar-refractivity contribution is -0.203. The van der Waals surface area contributed by atoms with Crippen LogP contribution in [0.3, 0.4) is 0 Å². The number of rotatable bonds is 18. The van der Waals surface area contributed by atoms with Crippen LogP contribution >= 0.6 is 33.3 Å². The van der Waals surface area contributed by atoms with Crippen LogP contribution in [0.4, 0.5) is 0 Å². The molecule has 0 amide bonds. The number of carboxylic acid groups (broad SMARTS) is 1. The normalized spacial score (nSPS) is 15.8. The molecular weight excluding hydrogens is 464 g/mol. The van der Waals surface area contributed by atoms with Crippen molar-refractivity contribution in [2.75, 3.05) is 51.3 Å². The summed E-state index contributed by atoms with van der Waals surface area (Å²) in [6, 6.07) is 6.03. The minimum Gasteiger partial charge on any atom is -0.480 e. The molecule has 1 aromatic heterocycles. The molecule has 3 N–H and O–H groups in total. The quantitative estimate of drug-likeness (QED) is 0.118. The third-order valence-corrected chi connectivity index (χ3v) is 9.08. The molecule has 1 saturated carbocycles. The van der Waals surface area contributed by atoms with Gasteiger partial charge in [-0.3, -0.25) is 9.63 Å². The molecule has 0 saturated heterocycles. The minimum atomic E-state index is -0.794. The van der Waals surface area contributed by atoms with Crippen LogP contribution < -0.4 is 10.6 Å². The van der Waals surface area contributed by atoms with E-state index in [0.29, 0.717) is 0 Å². The molecule has 0 unspecified atom stereocenters. The van der Waals surface area contributed by atoms with E-state index in [-0.39, 0.29) is 11.5 Å². The highest BCUT2D eigenvalue weighted by Crippen LogP contribution is 2.49. The molecule has 10 heteroatoms. The molecular formula is C22H38N4O3S3. The van der Waals surface area contributed by atoms with Crippen molar-refractivity contribution in [3.05, 3.63) is 24.4 Å². The Morgan fingerprint density at radius 1 is 1.16 bits per heavy atom. The van der Waals surface area contributed by atoms with Gasteiger partial charge in [0.1, 0.15) is 9.96 Å². The van der Waals surface area contributed by atoms with E-state index in [1.807, 2.05) is 53.0 Å². The Balaban J connectivity index is 1.52. The molecule has 0 bridgehead atoms. The van der Waals surface area contributed by atoms with Crippen molar-refractivity contribution in [2.24, 2.45) is 0 Å². The number of hydrogen-bond donors (Lipinski definition) is 3. The zero-order chi connectivity index (χ0) is 22.9. The number of hydroxylamine groups is 2. The monoisotopic (exact) mass is 502 g/mol. The first-order chi connectivity index (χ1) is 15.6. The lowest BCUT2D eigenvalue weighted by atomic mass is 9.97. The van der Waals surface area contributed by atoms with Gasteiger partial charge >= 0.3 is 5.97 Å². The van der Waals surface area contributed by atoms with E-state index in [4.69, 9.17) is 9.94 Å². The van der Waals surface area contributed by atoms with Crippen LogP contribution in [0.15, 0.2) is 29.4 Å². The highest BCUT2D eigenvalue weighted by Gasteiger charge is 2.36. The van der Waals surface area contributed by atoms with Gasteiger partial charge in [-0.1, -0.05) is 12.5 Å². The van der Waals surface area contributed by atoms with Crippen molar-refractivity contribution in [3.8, 4) is 0 Å². The zero-order valence-electron chi connectivity index (χ0n) is 19.1. The van der Waals surface area contributed by atoms with Crippen LogP contribution in [0.25, 0.3) is 0 Å². The second-order valence-corrected chi connectivity index (χ2v) is 11.6. The number of unbranched alkanes of at least 4 members (excludes halogenated alkanes) is 1. The average molecular weight is 503 g/mol. The predicted molar refractivity (Wildman–Crippen MR) is 137 cm³/mol. The Morgan fingerprint density at radius 3 is 2.75 bits per heavy atom. The fourth-order valence-corrected chi connectivity index (χ4v) is 6.97. The second kappa shape index (κ2) is 17.0. The van der Waals surface area contributed by atoms with E-state index in [0.717, 1.165) is 68.4 Å². The summed E-state index contributed by atoms with van der Waals surface area (Å²) in [7, 11) is 5.58. The lowest BCUT2D eigenvalue weighted by Gasteiger charge is -2.38. The van der Waals surface area contributed by atoms with Crippen LogP contribution in [0.2, 0.25) is 0 Å². The molecule has 2 rings (SSSR count). The smallest absolute Gasteiger partial charge is 0.317 e. The maximum absolute atomic E-state index is 10.4. The third kappa shape index (κ3) is 12.7. The fraction of sp³-hybridized carbons (Fsp3) is 0.727. The van der Waals surface area contributed by atoms with Crippen molar-refractivity contribution in [2.45, 2.75) is 54.9 Å². The van der Waals surface area contributed by atoms with E-state index >= 15 is 0 Å². The Morgan fingerprint density at radius 2 is 2.00 bits per heavy atom. The minimum absolute atomic E-state index is 0.0537. The third-order valence-electron chi connectivity index (χ3n) is 5.05. The highest BCUT2D eigenvalue weighted by molar-refractivity contribution is 8.77. The second-order valence-electron chi connectivity index (χ2n) is 7.89.